The van der Waals surface area contributed by atoms with Crippen LogP contribution in [-0.2, 0) is 16.1 Å². The molecule has 0 aromatic carbocycles. The summed E-state index contributed by atoms with van der Waals surface area (Å²) < 4.78 is 1.59. The number of aromatic nitrogens is 2. The molecule has 0 bridgehead atoms. The van der Waals surface area contributed by atoms with Crippen molar-refractivity contribution in [1.29, 1.82) is 0 Å². The van der Waals surface area contributed by atoms with E-state index in [4.69, 9.17) is 5.73 Å². The maximum absolute atomic E-state index is 12.4. The molecule has 2 heterocycles. The van der Waals surface area contributed by atoms with E-state index in [0.717, 1.165) is 5.69 Å². The number of nitrogen functional groups attached to an aromatic ring is 1. The quantitative estimate of drug-likeness (QED) is 0.785. The maximum atomic E-state index is 12.4. The largest absolute Gasteiger partial charge is 0.396 e. The lowest BCUT2D eigenvalue weighted by atomic mass is 9.99. The Morgan fingerprint density at radius 2 is 2.10 bits per heavy atom. The molecular formula is C13H21N5O2. The molecule has 110 valence electrons. The van der Waals surface area contributed by atoms with Crippen molar-refractivity contribution >= 4 is 17.5 Å². The molecule has 0 aliphatic carbocycles. The number of carbonyl (C=O) groups excluding carboxylic acids is 2. The Morgan fingerprint density at radius 1 is 1.45 bits per heavy atom. The first-order valence-electron chi connectivity index (χ1n) is 6.63. The van der Waals surface area contributed by atoms with Crippen molar-refractivity contribution in [3.63, 3.8) is 0 Å². The first kappa shape index (κ1) is 14.4. The minimum Gasteiger partial charge on any atom is -0.396 e. The van der Waals surface area contributed by atoms with Gasteiger partial charge in [0.2, 0.25) is 11.8 Å². The molecule has 0 atom stereocenters. The first-order valence-corrected chi connectivity index (χ1v) is 6.63. The molecular weight excluding hydrogens is 258 g/mol. The van der Waals surface area contributed by atoms with Crippen LogP contribution in [0.25, 0.3) is 0 Å². The molecule has 3 N–H and O–H groups in total. The van der Waals surface area contributed by atoms with Gasteiger partial charge in [0.05, 0.1) is 17.1 Å². The van der Waals surface area contributed by atoms with E-state index < -0.39 is 5.54 Å². The highest BCUT2D eigenvalue weighted by molar-refractivity contribution is 5.91. The van der Waals surface area contributed by atoms with E-state index in [1.807, 2.05) is 13.8 Å². The van der Waals surface area contributed by atoms with E-state index in [2.05, 4.69) is 10.4 Å². The topological polar surface area (TPSA) is 93.2 Å². The van der Waals surface area contributed by atoms with Crippen molar-refractivity contribution in [3.05, 3.63) is 11.4 Å². The van der Waals surface area contributed by atoms with Crippen LogP contribution in [0.3, 0.4) is 0 Å². The second kappa shape index (κ2) is 4.81. The predicted octanol–water partition coefficient (Wildman–Crippen LogP) is -0.181. The SMILES string of the molecule is Cc1nn(CC(=O)N2CCNC(=O)C2(C)C)c(C)c1N. The zero-order valence-corrected chi connectivity index (χ0v) is 12.4. The molecule has 1 aromatic rings. The van der Waals surface area contributed by atoms with Gasteiger partial charge in [-0.25, -0.2) is 0 Å². The summed E-state index contributed by atoms with van der Waals surface area (Å²) in [6, 6.07) is 0. The van der Waals surface area contributed by atoms with Crippen LogP contribution in [0.5, 0.6) is 0 Å². The molecule has 20 heavy (non-hydrogen) atoms. The molecule has 7 heteroatoms. The van der Waals surface area contributed by atoms with Crippen molar-refractivity contribution in [3.8, 4) is 0 Å². The number of nitrogens with one attached hydrogen (secondary N) is 1. The maximum Gasteiger partial charge on any atom is 0.245 e. The number of amides is 2. The molecule has 7 nitrogen and oxygen atoms in total. The van der Waals surface area contributed by atoms with E-state index in [1.165, 1.54) is 0 Å². The Morgan fingerprint density at radius 3 is 2.65 bits per heavy atom. The molecule has 2 amide bonds. The Balaban J connectivity index is 2.19. The number of piperazine rings is 1. The molecule has 1 aliphatic heterocycles. The summed E-state index contributed by atoms with van der Waals surface area (Å²) in [5, 5.41) is 7.03. The smallest absolute Gasteiger partial charge is 0.245 e. The van der Waals surface area contributed by atoms with Gasteiger partial charge in [-0.1, -0.05) is 0 Å². The Labute approximate surface area is 118 Å². The zero-order valence-electron chi connectivity index (χ0n) is 12.4. The fourth-order valence-corrected chi connectivity index (χ4v) is 2.41. The lowest BCUT2D eigenvalue weighted by Crippen LogP contribution is -2.63. The standard InChI is InChI=1S/C13H21N5O2/c1-8-11(14)9(2)18(16-8)7-10(19)17-6-5-15-12(20)13(17,3)4/h5-7,14H2,1-4H3,(H,15,20). The number of hydrogen-bond donors (Lipinski definition) is 2. The summed E-state index contributed by atoms with van der Waals surface area (Å²) in [4.78, 5) is 25.9. The van der Waals surface area contributed by atoms with Gasteiger partial charge in [0.25, 0.3) is 0 Å². The van der Waals surface area contributed by atoms with Crippen LogP contribution in [0.2, 0.25) is 0 Å². The van der Waals surface area contributed by atoms with Crippen LogP contribution in [0.1, 0.15) is 25.2 Å². The average molecular weight is 279 g/mol. The first-order chi connectivity index (χ1) is 9.25. The highest BCUT2D eigenvalue weighted by Gasteiger charge is 2.40. The third-order valence-electron chi connectivity index (χ3n) is 3.87. The Bertz CT molecular complexity index is 561. The van der Waals surface area contributed by atoms with Crippen LogP contribution in [-0.4, -0.2) is 45.1 Å². The highest BCUT2D eigenvalue weighted by atomic mass is 16.2. The molecule has 0 radical (unpaired) electrons. The van der Waals surface area contributed by atoms with Gasteiger partial charge in [-0.05, 0) is 27.7 Å². The third-order valence-corrected chi connectivity index (χ3v) is 3.87. The van der Waals surface area contributed by atoms with Gasteiger partial charge in [-0.15, -0.1) is 0 Å². The van der Waals surface area contributed by atoms with Crippen LogP contribution in [0, 0.1) is 13.8 Å². The molecule has 1 fully saturated rings. The number of anilines is 1. The fourth-order valence-electron chi connectivity index (χ4n) is 2.41. The number of nitrogens with zero attached hydrogens (tertiary/aromatic N) is 3. The monoisotopic (exact) mass is 279 g/mol. The summed E-state index contributed by atoms with van der Waals surface area (Å²) in [7, 11) is 0. The average Bonchev–Trinajstić information content (AvgIpc) is 2.60. The van der Waals surface area contributed by atoms with Crippen LogP contribution >= 0.6 is 0 Å². The second-order valence-corrected chi connectivity index (χ2v) is 5.60. The van der Waals surface area contributed by atoms with Gasteiger partial charge < -0.3 is 16.0 Å². The molecule has 1 saturated heterocycles. The molecule has 1 aliphatic rings. The fraction of sp³-hybridized carbons (Fsp3) is 0.615. The van der Waals surface area contributed by atoms with Gasteiger partial charge in [0.1, 0.15) is 12.1 Å². The summed E-state index contributed by atoms with van der Waals surface area (Å²) in [5.41, 5.74) is 7.12. The minimum absolute atomic E-state index is 0.0978. The van der Waals surface area contributed by atoms with Gasteiger partial charge in [-0.3, -0.25) is 14.3 Å². The minimum atomic E-state index is -0.836. The van der Waals surface area contributed by atoms with Crippen LogP contribution in [0.4, 0.5) is 5.69 Å². The number of nitrogens with two attached hydrogens (primary N) is 1. The zero-order chi connectivity index (χ0) is 15.1. The van der Waals surface area contributed by atoms with E-state index >= 15 is 0 Å². The number of hydrogen-bond acceptors (Lipinski definition) is 4. The molecule has 0 unspecified atom stereocenters. The summed E-state index contributed by atoms with van der Waals surface area (Å²) >= 11 is 0. The summed E-state index contributed by atoms with van der Waals surface area (Å²) in [5.74, 6) is -0.263. The van der Waals surface area contributed by atoms with Crippen molar-refractivity contribution < 1.29 is 9.59 Å². The predicted molar refractivity (Wildman–Crippen MR) is 74.9 cm³/mol. The van der Waals surface area contributed by atoms with Gasteiger partial charge >= 0.3 is 0 Å². The van der Waals surface area contributed by atoms with Crippen molar-refractivity contribution in [2.45, 2.75) is 39.8 Å². The second-order valence-electron chi connectivity index (χ2n) is 5.60. The summed E-state index contributed by atoms with van der Waals surface area (Å²) in [6.07, 6.45) is 0. The molecule has 0 spiro atoms. The van der Waals surface area contributed by atoms with Gasteiger partial charge in [0.15, 0.2) is 0 Å². The van der Waals surface area contributed by atoms with E-state index in [1.54, 1.807) is 23.4 Å². The molecule has 2 rings (SSSR count). The molecule has 0 saturated carbocycles. The summed E-state index contributed by atoms with van der Waals surface area (Å²) in [6.45, 7) is 8.21. The number of aryl methyl sites for hydroxylation is 1. The lowest BCUT2D eigenvalue weighted by Gasteiger charge is -2.41. The van der Waals surface area contributed by atoms with Crippen molar-refractivity contribution in [2.75, 3.05) is 18.8 Å². The highest BCUT2D eigenvalue weighted by Crippen LogP contribution is 2.20. The number of carbonyl (C=O) groups is 2. The third kappa shape index (κ3) is 2.23. The Kier molecular flexibility index (Phi) is 3.45. The van der Waals surface area contributed by atoms with Crippen molar-refractivity contribution in [1.82, 2.24) is 20.0 Å². The van der Waals surface area contributed by atoms with E-state index in [-0.39, 0.29) is 18.4 Å². The normalized spacial score (nSPS) is 18.0. The van der Waals surface area contributed by atoms with E-state index in [0.29, 0.717) is 24.5 Å². The van der Waals surface area contributed by atoms with Crippen LogP contribution in [0.15, 0.2) is 0 Å². The Hall–Kier alpha value is -2.05. The number of rotatable bonds is 2. The van der Waals surface area contributed by atoms with Gasteiger partial charge in [-0.2, -0.15) is 5.10 Å². The van der Waals surface area contributed by atoms with E-state index in [9.17, 15) is 9.59 Å². The molecule has 1 aromatic heterocycles. The van der Waals surface area contributed by atoms with Gasteiger partial charge in [0, 0.05) is 13.1 Å². The van der Waals surface area contributed by atoms with Crippen LogP contribution < -0.4 is 11.1 Å². The van der Waals surface area contributed by atoms with Crippen molar-refractivity contribution in [2.24, 2.45) is 0 Å². The lowest BCUT2D eigenvalue weighted by molar-refractivity contribution is -0.149.